The highest BCUT2D eigenvalue weighted by Crippen LogP contribution is 2.47. The molecule has 3 rings (SSSR count). The zero-order valence-corrected chi connectivity index (χ0v) is 25.1. The van der Waals surface area contributed by atoms with Crippen LogP contribution in [0, 0.1) is 11.8 Å². The molecule has 2 aliphatic heterocycles. The average molecular weight is 576 g/mol. The van der Waals surface area contributed by atoms with Crippen LogP contribution in [-0.4, -0.2) is 83.0 Å². The van der Waals surface area contributed by atoms with Crippen LogP contribution in [0.25, 0.3) is 0 Å². The average Bonchev–Trinajstić information content (AvgIpc) is 2.72. The molecule has 2 heterocycles. The molecule has 12 heteroatoms. The molecule has 0 radical (unpaired) electrons. The number of rotatable bonds is 9. The van der Waals surface area contributed by atoms with Gasteiger partial charge in [-0.1, -0.05) is 13.8 Å². The van der Waals surface area contributed by atoms with Gasteiger partial charge in [0.25, 0.3) is 0 Å². The molecule has 0 N–H and O–H groups in total. The van der Waals surface area contributed by atoms with Crippen molar-refractivity contribution in [3.8, 4) is 11.5 Å². The van der Waals surface area contributed by atoms with E-state index in [9.17, 15) is 0 Å². The maximum Gasteiger partial charge on any atom is 0.161 e. The topological polar surface area (TPSA) is 30.9 Å². The van der Waals surface area contributed by atoms with E-state index in [4.69, 9.17) is 13.7 Å². The van der Waals surface area contributed by atoms with Gasteiger partial charge < -0.3 is 13.7 Å². The summed E-state index contributed by atoms with van der Waals surface area (Å²) in [5, 5.41) is -1.11. The second-order valence-electron chi connectivity index (χ2n) is 11.9. The Balaban J connectivity index is 1.86. The van der Waals surface area contributed by atoms with E-state index in [1.54, 1.807) is 7.11 Å². The van der Waals surface area contributed by atoms with Crippen molar-refractivity contribution >= 4 is 77.5 Å². The van der Waals surface area contributed by atoms with Crippen molar-refractivity contribution in [1.29, 1.82) is 0 Å². The maximum absolute atomic E-state index is 6.75. The summed E-state index contributed by atoms with van der Waals surface area (Å²) in [7, 11) is 16.2. The molecule has 1 fully saturated rings. The van der Waals surface area contributed by atoms with E-state index in [-0.39, 0.29) is 10.6 Å². The van der Waals surface area contributed by atoms with Crippen LogP contribution in [0.3, 0.4) is 0 Å². The van der Waals surface area contributed by atoms with Gasteiger partial charge in [0.05, 0.1) is 16.3 Å². The van der Waals surface area contributed by atoms with Crippen molar-refractivity contribution < 1.29 is 13.7 Å². The van der Waals surface area contributed by atoms with E-state index in [1.807, 2.05) is 0 Å². The van der Waals surface area contributed by atoms with Gasteiger partial charge in [0, 0.05) is 51.1 Å². The summed E-state index contributed by atoms with van der Waals surface area (Å²) >= 11 is 2.19. The molecule has 0 bridgehead atoms. The zero-order chi connectivity index (χ0) is 24.6. The normalized spacial score (nSPS) is 22.0. The minimum absolute atomic E-state index is 0.259. The first-order valence-electron chi connectivity index (χ1n) is 12.4. The van der Waals surface area contributed by atoms with E-state index in [2.05, 4.69) is 99.2 Å². The van der Waals surface area contributed by atoms with Gasteiger partial charge in [-0.25, -0.2) is 0 Å². The van der Waals surface area contributed by atoms with Crippen molar-refractivity contribution in [3.63, 3.8) is 0 Å². The van der Waals surface area contributed by atoms with Gasteiger partial charge in [0.15, 0.2) is 11.5 Å². The molecule has 1 saturated heterocycles. The quantitative estimate of drug-likeness (QED) is 0.229. The second-order valence-corrected chi connectivity index (χ2v) is 13.3. The van der Waals surface area contributed by atoms with Crippen LogP contribution < -0.4 is 9.47 Å². The van der Waals surface area contributed by atoms with Crippen LogP contribution in [0.1, 0.15) is 50.3 Å². The van der Waals surface area contributed by atoms with Gasteiger partial charge in [0.2, 0.25) is 0 Å². The van der Waals surface area contributed by atoms with Gasteiger partial charge in [-0.3, -0.25) is 4.90 Å². The number of hydrogen-bond acceptors (Lipinski definition) is 5. The lowest BCUT2D eigenvalue weighted by Crippen LogP contribution is -2.62. The maximum atomic E-state index is 6.75. The number of methoxy groups -OCH3 is 1. The number of halogens is 1. The zero-order valence-electron chi connectivity index (χ0n) is 22.1. The Labute approximate surface area is 223 Å². The fraction of sp³-hybridized carbons (Fsp3) is 0.714. The summed E-state index contributed by atoms with van der Waals surface area (Å²) in [5.74, 6) is 3.29. The molecule has 0 saturated carbocycles. The van der Waals surface area contributed by atoms with Gasteiger partial charge >= 0.3 is 0 Å². The molecule has 1 aromatic rings. The molecule has 1 aromatic carbocycles. The number of nitrogens with zero attached hydrogens (tertiary/aromatic N) is 1. The lowest BCUT2D eigenvalue weighted by Gasteiger charge is -2.52. The van der Waals surface area contributed by atoms with Gasteiger partial charge in [-0.05, 0) is 66.0 Å². The lowest BCUT2D eigenvalue weighted by atomic mass is 9.24. The summed E-state index contributed by atoms with van der Waals surface area (Å²) in [6.07, 6.45) is 4.98. The highest BCUT2D eigenvalue weighted by atomic mass is 127. The van der Waals surface area contributed by atoms with Crippen LogP contribution in [0.5, 0.6) is 11.5 Å². The molecular formula is C21H38B6INO3S. The van der Waals surface area contributed by atoms with E-state index >= 15 is 0 Å². The monoisotopic (exact) mass is 577 g/mol. The lowest BCUT2D eigenvalue weighted by molar-refractivity contribution is 0.0890. The molecule has 0 amide bonds. The first-order valence-corrected chi connectivity index (χ1v) is 15.7. The van der Waals surface area contributed by atoms with Crippen LogP contribution >= 0.6 is 30.4 Å². The molecule has 0 unspecified atom stereocenters. The first-order chi connectivity index (χ1) is 15.3. The summed E-state index contributed by atoms with van der Waals surface area (Å²) in [6, 6.07) is 5.03. The summed E-state index contributed by atoms with van der Waals surface area (Å²) < 4.78 is 18.7. The number of piperidine rings is 1. The van der Waals surface area contributed by atoms with Crippen molar-refractivity contribution in [3.05, 3.63) is 23.3 Å². The molecular weight excluding hydrogens is 538 g/mol. The Morgan fingerprint density at radius 1 is 1.09 bits per heavy atom. The van der Waals surface area contributed by atoms with Crippen LogP contribution in [0.4, 0.5) is 0 Å². The summed E-state index contributed by atoms with van der Waals surface area (Å²) in [4.78, 5) is 2.72. The first kappa shape index (κ1) is 27.8. The van der Waals surface area contributed by atoms with Crippen molar-refractivity contribution in [2.45, 2.75) is 61.6 Å². The van der Waals surface area contributed by atoms with Crippen LogP contribution in [0.15, 0.2) is 12.1 Å². The smallest absolute Gasteiger partial charge is 0.161 e. The second kappa shape index (κ2) is 10.7. The predicted molar refractivity (Wildman–Crippen MR) is 166 cm³/mol. The van der Waals surface area contributed by atoms with Gasteiger partial charge in [-0.15, -0.1) is 0 Å². The highest BCUT2D eigenvalue weighted by Gasteiger charge is 2.50. The Kier molecular flexibility index (Phi) is 8.99. The van der Waals surface area contributed by atoms with Crippen molar-refractivity contribution in [2.75, 3.05) is 20.2 Å². The molecule has 0 spiro atoms. The number of ether oxygens (including phenoxy) is 2. The highest BCUT2D eigenvalue weighted by molar-refractivity contribution is 14.2. The van der Waals surface area contributed by atoms with Crippen LogP contribution in [-0.2, 0) is 10.6 Å². The number of benzene rings is 1. The largest absolute Gasteiger partial charge is 0.502 e. The number of hydrogen-bond donors (Lipinski definition) is 0. The van der Waals surface area contributed by atoms with E-state index in [0.29, 0.717) is 6.04 Å². The van der Waals surface area contributed by atoms with Crippen molar-refractivity contribution in [1.82, 2.24) is 4.90 Å². The standard InChI is InChI=1S/C21H38B6INO3S/c1-12(2)8-13-4-5-16-15-10-17(30-3)18(9-14(15)6-7-29(16)11-13)31-20(24,25)19(22,23)21(26,27)32-33-28/h9-10,12-13,16H,4-8,11,22-27H2,1-3H3/t13-,16-/m1/s1. The molecule has 4 nitrogen and oxygen atoms in total. The summed E-state index contributed by atoms with van der Waals surface area (Å²) in [5.41, 5.74) is 2.86. The Hall–Kier alpha value is 0.210. The summed E-state index contributed by atoms with van der Waals surface area (Å²) in [6.45, 7) is 7.07. The minimum Gasteiger partial charge on any atom is -0.502 e. The minimum atomic E-state index is -0.472. The van der Waals surface area contributed by atoms with Gasteiger partial charge in [0.1, 0.15) is 47.1 Å². The van der Waals surface area contributed by atoms with Gasteiger partial charge in [-0.2, -0.15) is 0 Å². The molecule has 0 aromatic heterocycles. The van der Waals surface area contributed by atoms with Crippen molar-refractivity contribution in [2.24, 2.45) is 11.8 Å². The Bertz CT molecular complexity index is 844. The third-order valence-electron chi connectivity index (χ3n) is 8.65. The third-order valence-corrected chi connectivity index (χ3v) is 9.67. The van der Waals surface area contributed by atoms with E-state index in [1.165, 1.54) is 46.1 Å². The van der Waals surface area contributed by atoms with Crippen LogP contribution in [0.2, 0.25) is 5.21 Å². The molecule has 33 heavy (non-hydrogen) atoms. The molecule has 2 aliphatic rings. The predicted octanol–water partition coefficient (Wildman–Crippen LogP) is -0.333. The number of fused-ring (bicyclic) bond motifs is 3. The van der Waals surface area contributed by atoms with E-state index in [0.717, 1.165) is 36.3 Å². The molecule has 0 aliphatic carbocycles. The fourth-order valence-electron chi connectivity index (χ4n) is 5.54. The Morgan fingerprint density at radius 2 is 1.79 bits per heavy atom. The Morgan fingerprint density at radius 3 is 2.39 bits per heavy atom. The SMILES string of the molecule is BC(B)(OSI)C(B)(B)C(B)(B)Oc1cc2c(cc1OC)[C@H]1CC[C@H](CC(C)C)CN1CC2. The molecule has 176 valence electrons. The molecule has 2 atom stereocenters. The van der Waals surface area contributed by atoms with E-state index < -0.39 is 5.40 Å². The third kappa shape index (κ3) is 5.80. The fourth-order valence-corrected chi connectivity index (χ4v) is 7.26.